The molecule has 2 heterocycles. The van der Waals surface area contributed by atoms with Gasteiger partial charge in [-0.25, -0.2) is 8.42 Å². The van der Waals surface area contributed by atoms with Gasteiger partial charge in [0.2, 0.25) is 10.0 Å². The Hall–Kier alpha value is -0.430. The average Bonchev–Trinajstić information content (AvgIpc) is 2.95. The van der Waals surface area contributed by atoms with E-state index in [-0.39, 0.29) is 0 Å². The molecule has 1 fully saturated rings. The number of rotatable bonds is 4. The maximum Gasteiger partial charge on any atom is 0.244 e. The molecule has 1 saturated heterocycles. The van der Waals surface area contributed by atoms with Crippen molar-refractivity contribution in [1.82, 2.24) is 4.31 Å². The lowest BCUT2D eigenvalue weighted by Gasteiger charge is -2.16. The number of thiophene rings is 1. The van der Waals surface area contributed by atoms with Crippen molar-refractivity contribution in [3.63, 3.8) is 0 Å². The van der Waals surface area contributed by atoms with Gasteiger partial charge in [-0.2, -0.15) is 4.31 Å². The second-order valence-corrected chi connectivity index (χ2v) is 8.01. The third kappa shape index (κ3) is 2.47. The van der Waals surface area contributed by atoms with E-state index in [1.54, 1.807) is 10.4 Å². The van der Waals surface area contributed by atoms with Crippen LogP contribution in [0.15, 0.2) is 11.0 Å². The highest BCUT2D eigenvalue weighted by Gasteiger charge is 2.33. The first kappa shape index (κ1) is 14.0. The second-order valence-electron chi connectivity index (χ2n) is 4.76. The van der Waals surface area contributed by atoms with Crippen LogP contribution in [0.25, 0.3) is 0 Å². The van der Waals surface area contributed by atoms with E-state index in [0.29, 0.717) is 30.4 Å². The van der Waals surface area contributed by atoms with E-state index in [9.17, 15) is 8.42 Å². The van der Waals surface area contributed by atoms with Crippen LogP contribution >= 0.6 is 11.3 Å². The zero-order valence-corrected chi connectivity index (χ0v) is 12.5. The summed E-state index contributed by atoms with van der Waals surface area (Å²) >= 11 is 1.48. The molecule has 0 aromatic carbocycles. The van der Waals surface area contributed by atoms with E-state index in [1.807, 2.05) is 6.92 Å². The fraction of sp³-hybridized carbons (Fsp3) is 0.667. The van der Waals surface area contributed by atoms with Crippen LogP contribution in [0.5, 0.6) is 0 Å². The number of sulfonamides is 1. The third-order valence-electron chi connectivity index (χ3n) is 3.57. The largest absolute Gasteiger partial charge is 0.326 e. The topological polar surface area (TPSA) is 63.4 Å². The highest BCUT2D eigenvalue weighted by molar-refractivity contribution is 7.89. The van der Waals surface area contributed by atoms with E-state index >= 15 is 0 Å². The van der Waals surface area contributed by atoms with E-state index < -0.39 is 10.0 Å². The Morgan fingerprint density at radius 2 is 2.28 bits per heavy atom. The summed E-state index contributed by atoms with van der Waals surface area (Å²) in [6.07, 6.45) is 2.02. The number of nitrogens with two attached hydrogens (primary N) is 1. The van der Waals surface area contributed by atoms with Crippen molar-refractivity contribution in [1.29, 1.82) is 0 Å². The molecule has 1 aliphatic heterocycles. The Kier molecular flexibility index (Phi) is 4.11. The smallest absolute Gasteiger partial charge is 0.244 e. The first-order chi connectivity index (χ1) is 8.48. The van der Waals surface area contributed by atoms with E-state index in [4.69, 9.17) is 5.73 Å². The average molecular weight is 288 g/mol. The first-order valence-corrected chi connectivity index (χ1v) is 8.54. The van der Waals surface area contributed by atoms with Gasteiger partial charge >= 0.3 is 0 Å². The molecule has 1 unspecified atom stereocenters. The van der Waals surface area contributed by atoms with Gasteiger partial charge in [-0.05, 0) is 25.3 Å². The van der Waals surface area contributed by atoms with E-state index in [2.05, 4.69) is 6.92 Å². The van der Waals surface area contributed by atoms with Crippen molar-refractivity contribution in [2.75, 3.05) is 13.1 Å². The van der Waals surface area contributed by atoms with Gasteiger partial charge in [-0.1, -0.05) is 13.3 Å². The Balaban J connectivity index is 2.28. The summed E-state index contributed by atoms with van der Waals surface area (Å²) in [6.45, 7) is 5.67. The fourth-order valence-electron chi connectivity index (χ4n) is 2.37. The summed E-state index contributed by atoms with van der Waals surface area (Å²) < 4.78 is 26.7. The molecular weight excluding hydrogens is 268 g/mol. The molecule has 0 bridgehead atoms. The summed E-state index contributed by atoms with van der Waals surface area (Å²) in [7, 11) is -3.31. The lowest BCUT2D eigenvalue weighted by Crippen LogP contribution is -2.29. The minimum Gasteiger partial charge on any atom is -0.326 e. The molecule has 0 radical (unpaired) electrons. The minimum atomic E-state index is -3.31. The number of hydrogen-bond acceptors (Lipinski definition) is 4. The van der Waals surface area contributed by atoms with Crippen LogP contribution in [0.1, 0.15) is 29.5 Å². The number of aryl methyl sites for hydroxylation is 1. The molecule has 0 spiro atoms. The van der Waals surface area contributed by atoms with Crippen molar-refractivity contribution in [3.8, 4) is 0 Å². The lowest BCUT2D eigenvalue weighted by atomic mass is 10.1. The molecule has 0 aliphatic carbocycles. The summed E-state index contributed by atoms with van der Waals surface area (Å²) in [5, 5.41) is 0. The van der Waals surface area contributed by atoms with Gasteiger partial charge in [0, 0.05) is 29.4 Å². The lowest BCUT2D eigenvalue weighted by molar-refractivity contribution is 0.453. The van der Waals surface area contributed by atoms with Gasteiger partial charge in [0.25, 0.3) is 0 Å². The quantitative estimate of drug-likeness (QED) is 0.921. The summed E-state index contributed by atoms with van der Waals surface area (Å²) in [5.74, 6) is 0.507. The van der Waals surface area contributed by atoms with Crippen molar-refractivity contribution in [2.24, 2.45) is 11.7 Å². The van der Waals surface area contributed by atoms with Crippen molar-refractivity contribution >= 4 is 21.4 Å². The molecule has 1 aromatic heterocycles. The van der Waals surface area contributed by atoms with E-state index in [1.165, 1.54) is 11.3 Å². The standard InChI is InChI=1S/C12H20N2O2S2/c1-3-10-4-5-14(8-10)18(15,16)12-6-11(7-13)17-9(12)2/h6,10H,3-5,7-8,13H2,1-2H3. The maximum atomic E-state index is 12.5. The molecule has 1 aromatic rings. The summed E-state index contributed by atoms with van der Waals surface area (Å²) in [6, 6.07) is 1.73. The van der Waals surface area contributed by atoms with E-state index in [0.717, 1.165) is 22.6 Å². The van der Waals surface area contributed by atoms with Crippen LogP contribution in [0, 0.1) is 12.8 Å². The van der Waals surface area contributed by atoms with Crippen molar-refractivity contribution in [2.45, 2.75) is 38.1 Å². The molecule has 0 amide bonds. The summed E-state index contributed by atoms with van der Waals surface area (Å²) in [5.41, 5.74) is 5.57. The Labute approximate surface area is 113 Å². The van der Waals surface area contributed by atoms with Crippen LogP contribution in [0.4, 0.5) is 0 Å². The van der Waals surface area contributed by atoms with Gasteiger partial charge < -0.3 is 5.73 Å². The van der Waals surface area contributed by atoms with Gasteiger partial charge in [-0.3, -0.25) is 0 Å². The van der Waals surface area contributed by atoms with Gasteiger partial charge in [0.15, 0.2) is 0 Å². The molecule has 4 nitrogen and oxygen atoms in total. The SMILES string of the molecule is CCC1CCN(S(=O)(=O)c2cc(CN)sc2C)C1. The molecule has 0 saturated carbocycles. The Morgan fingerprint density at radius 3 is 2.78 bits per heavy atom. The molecule has 102 valence electrons. The molecule has 2 rings (SSSR count). The third-order valence-corrected chi connectivity index (χ3v) is 6.76. The monoisotopic (exact) mass is 288 g/mol. The molecule has 18 heavy (non-hydrogen) atoms. The van der Waals surface area contributed by atoms with Crippen LogP contribution in [0.2, 0.25) is 0 Å². The molecule has 6 heteroatoms. The van der Waals surface area contributed by atoms with Gasteiger partial charge in [-0.15, -0.1) is 11.3 Å². The molecule has 1 atom stereocenters. The Bertz CT molecular complexity index is 522. The van der Waals surface area contributed by atoms with Gasteiger partial charge in [0.05, 0.1) is 4.90 Å². The zero-order valence-electron chi connectivity index (χ0n) is 10.8. The predicted molar refractivity (Wildman–Crippen MR) is 74.1 cm³/mol. The minimum absolute atomic E-state index is 0.401. The van der Waals surface area contributed by atoms with Crippen molar-refractivity contribution < 1.29 is 8.42 Å². The van der Waals surface area contributed by atoms with Crippen LogP contribution in [-0.4, -0.2) is 25.8 Å². The fourth-order valence-corrected chi connectivity index (χ4v) is 5.38. The molecule has 2 N–H and O–H groups in total. The van der Waals surface area contributed by atoms with Crippen molar-refractivity contribution in [3.05, 3.63) is 15.8 Å². The predicted octanol–water partition coefficient (Wildman–Crippen LogP) is 1.94. The second kappa shape index (κ2) is 5.28. The normalized spacial score (nSPS) is 21.6. The highest BCUT2D eigenvalue weighted by Crippen LogP contribution is 2.31. The highest BCUT2D eigenvalue weighted by atomic mass is 32.2. The Morgan fingerprint density at radius 1 is 1.56 bits per heavy atom. The number of hydrogen-bond donors (Lipinski definition) is 1. The molecular formula is C12H20N2O2S2. The van der Waals surface area contributed by atoms with Crippen LogP contribution < -0.4 is 5.73 Å². The van der Waals surface area contributed by atoms with Gasteiger partial charge in [0.1, 0.15) is 0 Å². The zero-order chi connectivity index (χ0) is 13.3. The summed E-state index contributed by atoms with van der Waals surface area (Å²) in [4.78, 5) is 2.22. The maximum absolute atomic E-state index is 12.5. The van der Waals surface area contributed by atoms with Crippen LogP contribution in [-0.2, 0) is 16.6 Å². The first-order valence-electron chi connectivity index (χ1n) is 6.28. The molecule has 1 aliphatic rings. The van der Waals surface area contributed by atoms with Crippen LogP contribution in [0.3, 0.4) is 0 Å². The number of nitrogens with zero attached hydrogens (tertiary/aromatic N) is 1.